The van der Waals surface area contributed by atoms with Gasteiger partial charge in [-0.2, -0.15) is 0 Å². The van der Waals surface area contributed by atoms with Crippen LogP contribution in [-0.2, 0) is 84.8 Å². The lowest BCUT2D eigenvalue weighted by Crippen LogP contribution is -2.61. The van der Waals surface area contributed by atoms with Crippen molar-refractivity contribution in [2.24, 2.45) is 52.2 Å². The predicted octanol–water partition coefficient (Wildman–Crippen LogP) is -5.74. The van der Waals surface area contributed by atoms with Crippen molar-refractivity contribution >= 4 is 107 Å². The third-order valence-corrected chi connectivity index (χ3v) is 17.9. The molecule has 1 aromatic carbocycles. The van der Waals surface area contributed by atoms with Crippen molar-refractivity contribution in [3.05, 3.63) is 54.1 Å². The third-order valence-electron chi connectivity index (χ3n) is 17.9. The number of carboxylic acid groups (broad SMARTS) is 2. The second kappa shape index (κ2) is 53.3. The maximum absolute atomic E-state index is 14.9. The zero-order valence-corrected chi connectivity index (χ0v) is 66.4. The number of hydrogen-bond donors (Lipinski definition) is 27. The van der Waals surface area contributed by atoms with Gasteiger partial charge in [-0.1, -0.05) is 78.3 Å². The van der Waals surface area contributed by atoms with Crippen LogP contribution in [0.2, 0.25) is 0 Å². The molecule has 0 saturated heterocycles. The van der Waals surface area contributed by atoms with Gasteiger partial charge < -0.3 is 129 Å². The van der Waals surface area contributed by atoms with Gasteiger partial charge in [-0.3, -0.25) is 83.4 Å². The van der Waals surface area contributed by atoms with E-state index in [0.717, 1.165) is 0 Å². The van der Waals surface area contributed by atoms with Crippen molar-refractivity contribution in [3.8, 4) is 0 Å². The normalized spacial score (nSPS) is 14.4. The summed E-state index contributed by atoms with van der Waals surface area (Å²) >= 11 is 0. The average Bonchev–Trinajstić information content (AvgIpc) is 1.08. The zero-order chi connectivity index (χ0) is 86.4. The van der Waals surface area contributed by atoms with Gasteiger partial charge in [0.15, 0.2) is 17.9 Å². The number of rotatable bonds is 57. The van der Waals surface area contributed by atoms with Crippen LogP contribution in [0.1, 0.15) is 162 Å². The van der Waals surface area contributed by atoms with Crippen molar-refractivity contribution in [3.63, 3.8) is 0 Å². The first-order valence-corrected chi connectivity index (χ1v) is 38.3. The number of carboxylic acids is 2. The minimum absolute atomic E-state index is 0.0242. The molecule has 0 saturated carbocycles. The number of nitrogens with one attached hydrogen (secondary N) is 19. The summed E-state index contributed by atoms with van der Waals surface area (Å²) in [5.74, 6) is -16.7. The van der Waals surface area contributed by atoms with E-state index in [-0.39, 0.29) is 140 Å². The van der Waals surface area contributed by atoms with Crippen molar-refractivity contribution in [2.45, 2.75) is 237 Å². The van der Waals surface area contributed by atoms with Crippen LogP contribution < -0.4 is 114 Å². The Kier molecular flexibility index (Phi) is 46.0. The number of aliphatic carboxylic acids is 2. The number of aromatic nitrogens is 2. The molecule has 13 atom stereocenters. The molecule has 2 aromatic rings. The maximum Gasteiger partial charge on any atom is 0.326 e. The Bertz CT molecular complexity index is 3550. The number of carbonyl (C=O) groups excluding carboxylic acids is 13. The third kappa shape index (κ3) is 41.0. The molecule has 0 fully saturated rings. The fourth-order valence-corrected chi connectivity index (χ4v) is 11.5. The van der Waals surface area contributed by atoms with Gasteiger partial charge in [0.25, 0.3) is 0 Å². The number of unbranched alkanes of at least 4 members (excludes halogenated alkanes) is 1. The molecule has 115 heavy (non-hydrogen) atoms. The van der Waals surface area contributed by atoms with Gasteiger partial charge in [0.2, 0.25) is 76.8 Å². The van der Waals surface area contributed by atoms with Crippen LogP contribution in [0.4, 0.5) is 0 Å². The highest BCUT2D eigenvalue weighted by Crippen LogP contribution is 2.16. The van der Waals surface area contributed by atoms with E-state index in [1.165, 1.54) is 19.4 Å². The van der Waals surface area contributed by atoms with Gasteiger partial charge in [0.1, 0.15) is 66.5 Å². The van der Waals surface area contributed by atoms with E-state index in [4.69, 9.17) is 50.6 Å². The number of amides is 13. The fraction of sp³-hybridized carbons (Fsp3) is 0.625. The van der Waals surface area contributed by atoms with E-state index >= 15 is 0 Å². The van der Waals surface area contributed by atoms with Gasteiger partial charge in [0.05, 0.1) is 24.6 Å². The number of nitrogens with zero attached hydrogens (tertiary/aromatic N) is 1. The smallest absolute Gasteiger partial charge is 0.326 e. The molecular formula is C72H122N26O17. The molecule has 0 aliphatic rings. The maximum atomic E-state index is 14.9. The Balaban J connectivity index is 2.55. The highest BCUT2D eigenvalue weighted by atomic mass is 16.4. The summed E-state index contributed by atoms with van der Waals surface area (Å²) in [6.45, 7) is 11.2. The minimum Gasteiger partial charge on any atom is -0.481 e. The summed E-state index contributed by atoms with van der Waals surface area (Å²) in [7, 11) is 0. The van der Waals surface area contributed by atoms with E-state index in [2.05, 4.69) is 89.7 Å². The fourth-order valence-electron chi connectivity index (χ4n) is 11.5. The van der Waals surface area contributed by atoms with Crippen LogP contribution in [0, 0.1) is 34.0 Å². The second-order valence-electron chi connectivity index (χ2n) is 28.8. The molecule has 43 heteroatoms. The molecule has 1 heterocycles. The SMILES string of the molecule is CC[C@H](C)[C@H](NC(=O)[C@H](Cc1ccccc1)NC(=O)[C@H](CCCNC(=N)N)NC(=O)[C@H](C)NC(=O)CNC(=O)[C@H](Cc1c[nH]cn1)NC(=O)[C@@H](N)CCC(N)=O)C(=O)N[C@@H](CCCNC(=N)N)C(=O)N[C@@H](CC(C)C)C(=O)N[C@@H](CCCCN)C(=O)N[C@@H](CC(C)C)C(=O)N[C@@H](CCC(=O)O)C(=O)N[C@@H](CCCNC(=N)N)C(=O)O. The number of nitrogens with two attached hydrogens (primary N) is 6. The van der Waals surface area contributed by atoms with Crippen molar-refractivity contribution < 1.29 is 82.1 Å². The molecule has 0 radical (unpaired) electrons. The van der Waals surface area contributed by atoms with Crippen LogP contribution in [-0.4, -0.2) is 232 Å². The van der Waals surface area contributed by atoms with E-state index in [9.17, 15) is 82.1 Å². The summed E-state index contributed by atoms with van der Waals surface area (Å²) in [5.41, 5.74) is 34.3. The Labute approximate surface area is 667 Å². The first kappa shape index (κ1) is 99.3. The Hall–Kier alpha value is -11.8. The molecule has 0 bridgehead atoms. The van der Waals surface area contributed by atoms with E-state index in [0.29, 0.717) is 17.7 Å². The molecule has 0 aliphatic heterocycles. The lowest BCUT2D eigenvalue weighted by atomic mass is 9.96. The Morgan fingerprint density at radius 1 is 0.452 bits per heavy atom. The number of carbonyl (C=O) groups is 15. The topological polar surface area (TPSA) is 733 Å². The molecule has 2 rings (SSSR count). The summed E-state index contributed by atoms with van der Waals surface area (Å²) in [4.78, 5) is 212. The molecular weight excluding hydrogens is 1500 g/mol. The molecule has 642 valence electrons. The lowest BCUT2D eigenvalue weighted by molar-refractivity contribution is -0.143. The van der Waals surface area contributed by atoms with E-state index in [1.54, 1.807) is 71.9 Å². The summed E-state index contributed by atoms with van der Waals surface area (Å²) in [5, 5.41) is 81.0. The van der Waals surface area contributed by atoms with E-state index < -0.39 is 198 Å². The summed E-state index contributed by atoms with van der Waals surface area (Å²) < 4.78 is 0. The molecule has 1 aromatic heterocycles. The van der Waals surface area contributed by atoms with Gasteiger partial charge in [-0.15, -0.1) is 0 Å². The number of aromatic amines is 1. The van der Waals surface area contributed by atoms with E-state index in [1.807, 2.05) is 0 Å². The standard InChI is InChI=1S/C72H122N26O17/c1-8-40(6)57(98-67(112)52(33-42-17-10-9-11-18-42)97-62(107)46(20-14-28-83-70(76)77)89-58(103)41(7)88-55(100)36-86-60(105)53(34-43-35-82-37-87-43)94-59(104)44(74)23-25-54(75)99)68(113)92-47(21-15-29-84-71(78)79)63(108)96-50(31-38(2)3)65(110)90-45(19-12-13-27-73)61(106)95-51(32-39(4)5)66(111)91-48(24-26-56(101)102)64(109)93-49(69(114)115)22-16-30-85-72(80)81/h9-11,17-18,35,37-41,44-53,57H,8,12-16,19-34,36,73-74H2,1-7H3,(H2,75,99)(H,82,87)(H,86,105)(H,88,100)(H,89,103)(H,90,110)(H,91,111)(H,92,113)(H,93,109)(H,94,104)(H,95,106)(H,96,108)(H,97,107)(H,98,112)(H,101,102)(H,114,115)(H4,76,77,83)(H4,78,79,84)(H4,80,81,85)/t40-,41-,44-,45-,46-,47-,48-,49-,50-,51-,52-,53-,57-/m0/s1. The molecule has 43 nitrogen and oxygen atoms in total. The average molecular weight is 1620 g/mol. The largest absolute Gasteiger partial charge is 0.481 e. The van der Waals surface area contributed by atoms with Gasteiger partial charge in [-0.25, -0.2) is 9.78 Å². The number of imidazole rings is 1. The van der Waals surface area contributed by atoms with Crippen LogP contribution in [0.5, 0.6) is 0 Å². The molecule has 33 N–H and O–H groups in total. The number of benzene rings is 1. The second-order valence-corrected chi connectivity index (χ2v) is 28.8. The van der Waals surface area contributed by atoms with Crippen molar-refractivity contribution in [2.75, 3.05) is 32.7 Å². The quantitative estimate of drug-likeness (QED) is 0.0167. The molecule has 0 spiro atoms. The zero-order valence-electron chi connectivity index (χ0n) is 66.4. The first-order valence-electron chi connectivity index (χ1n) is 38.3. The Morgan fingerprint density at radius 3 is 1.31 bits per heavy atom. The number of guanidine groups is 3. The van der Waals surface area contributed by atoms with Crippen LogP contribution in [0.3, 0.4) is 0 Å². The first-order chi connectivity index (χ1) is 54.2. The summed E-state index contributed by atoms with van der Waals surface area (Å²) in [6.07, 6.45) is 1.58. The van der Waals surface area contributed by atoms with Crippen molar-refractivity contribution in [1.29, 1.82) is 16.2 Å². The van der Waals surface area contributed by atoms with Crippen LogP contribution in [0.15, 0.2) is 42.9 Å². The highest BCUT2D eigenvalue weighted by Gasteiger charge is 2.38. The van der Waals surface area contributed by atoms with Gasteiger partial charge in [0, 0.05) is 51.5 Å². The van der Waals surface area contributed by atoms with Gasteiger partial charge in [-0.05, 0) is 120 Å². The Morgan fingerprint density at radius 2 is 0.870 bits per heavy atom. The monoisotopic (exact) mass is 1620 g/mol. The predicted molar refractivity (Wildman–Crippen MR) is 422 cm³/mol. The molecule has 13 amide bonds. The molecule has 0 aliphatic carbocycles. The van der Waals surface area contributed by atoms with Crippen LogP contribution in [0.25, 0.3) is 0 Å². The number of hydrogen-bond acceptors (Lipinski definition) is 21. The van der Waals surface area contributed by atoms with Crippen LogP contribution >= 0.6 is 0 Å². The van der Waals surface area contributed by atoms with Crippen molar-refractivity contribution in [1.82, 2.24) is 89.7 Å². The number of H-pyrrole nitrogens is 1. The summed E-state index contributed by atoms with van der Waals surface area (Å²) in [6, 6.07) is -8.77. The van der Waals surface area contributed by atoms with Gasteiger partial charge >= 0.3 is 11.9 Å². The lowest BCUT2D eigenvalue weighted by Gasteiger charge is -2.30. The highest BCUT2D eigenvalue weighted by molar-refractivity contribution is 6.00. The molecule has 0 unspecified atom stereocenters. The number of primary amides is 1. The minimum atomic E-state index is -1.62.